The van der Waals surface area contributed by atoms with Crippen molar-refractivity contribution in [1.29, 1.82) is 0 Å². The molecule has 43 heavy (non-hydrogen) atoms. The van der Waals surface area contributed by atoms with E-state index in [0.29, 0.717) is 51.6 Å². The van der Waals surface area contributed by atoms with E-state index in [9.17, 15) is 35.5 Å². The van der Waals surface area contributed by atoms with Gasteiger partial charge in [-0.1, -0.05) is 90.9 Å². The van der Waals surface area contributed by atoms with Gasteiger partial charge in [-0.15, -0.1) is 0 Å². The van der Waals surface area contributed by atoms with Crippen molar-refractivity contribution < 1.29 is 35.5 Å². The van der Waals surface area contributed by atoms with E-state index < -0.39 is 20.2 Å². The van der Waals surface area contributed by atoms with E-state index in [-0.39, 0.29) is 61.1 Å². The van der Waals surface area contributed by atoms with E-state index >= 15 is 0 Å². The molecule has 0 aromatic carbocycles. The van der Waals surface area contributed by atoms with Crippen LogP contribution in [0, 0.1) is 0 Å². The topological polar surface area (TPSA) is 155 Å². The summed E-state index contributed by atoms with van der Waals surface area (Å²) in [6.45, 7) is 5.43. The first-order valence-corrected chi connectivity index (χ1v) is 19.2. The van der Waals surface area contributed by atoms with Gasteiger partial charge in [0.1, 0.15) is 0 Å². The molecule has 13 heteroatoms. The molecule has 0 saturated heterocycles. The third-order valence-corrected chi connectivity index (χ3v) is 8.69. The first-order chi connectivity index (χ1) is 19.7. The van der Waals surface area contributed by atoms with E-state index in [4.69, 9.17) is 0 Å². The standard InChI is InChI=1S/2C15H31NO4S.Ca/c2*1-3-4-5-6-7-8-9-12-15(17)16(2)13-10-11-14-21(18,19)20;/h2*3-14H2,1-2H3,(H,18,19,20);/q;;+2/p-2. The number of amides is 2. The van der Waals surface area contributed by atoms with Gasteiger partial charge in [0, 0.05) is 51.5 Å². The Morgan fingerprint density at radius 3 is 1.05 bits per heavy atom. The molecule has 0 saturated carbocycles. The van der Waals surface area contributed by atoms with Gasteiger partial charge in [-0.05, 0) is 38.5 Å². The molecule has 0 radical (unpaired) electrons. The van der Waals surface area contributed by atoms with Gasteiger partial charge in [0.15, 0.2) is 0 Å². The Balaban J connectivity index is -0.000000727. The van der Waals surface area contributed by atoms with Crippen molar-refractivity contribution in [1.82, 2.24) is 9.80 Å². The molecular formula is C30H60CaN2O8S2. The number of rotatable bonds is 26. The molecule has 2 amide bonds. The second-order valence-corrected chi connectivity index (χ2v) is 14.4. The average Bonchev–Trinajstić information content (AvgIpc) is 2.91. The zero-order chi connectivity index (χ0) is 32.3. The molecule has 0 unspecified atom stereocenters. The Kier molecular flexibility index (Phi) is 33.8. The van der Waals surface area contributed by atoms with Crippen LogP contribution in [0.2, 0.25) is 0 Å². The number of hydrogen-bond donors (Lipinski definition) is 0. The van der Waals surface area contributed by atoms with Crippen LogP contribution in [0.1, 0.15) is 142 Å². The fourth-order valence-electron chi connectivity index (χ4n) is 4.35. The molecular weight excluding hydrogens is 621 g/mol. The van der Waals surface area contributed by atoms with Gasteiger partial charge in [-0.3, -0.25) is 9.59 Å². The number of carbonyl (C=O) groups excluding carboxylic acids is 2. The third-order valence-electron chi connectivity index (χ3n) is 7.12. The Hall–Kier alpha value is 0.0197. The maximum Gasteiger partial charge on any atom is 2.00 e. The quantitative estimate of drug-likeness (QED) is 0.0665. The molecule has 0 bridgehead atoms. The molecule has 0 spiro atoms. The predicted molar refractivity (Wildman–Crippen MR) is 174 cm³/mol. The van der Waals surface area contributed by atoms with E-state index in [1.165, 1.54) is 64.2 Å². The zero-order valence-electron chi connectivity index (χ0n) is 27.7. The Bertz CT molecular complexity index is 815. The predicted octanol–water partition coefficient (Wildman–Crippen LogP) is 5.44. The summed E-state index contributed by atoms with van der Waals surface area (Å²) in [5.74, 6) is -0.471. The second-order valence-electron chi connectivity index (χ2n) is 11.3. The average molecular weight is 681 g/mol. The van der Waals surface area contributed by atoms with Crippen molar-refractivity contribution in [3.63, 3.8) is 0 Å². The molecule has 0 atom stereocenters. The molecule has 0 N–H and O–H groups in total. The van der Waals surface area contributed by atoms with E-state index in [0.717, 1.165) is 25.7 Å². The maximum atomic E-state index is 11.8. The summed E-state index contributed by atoms with van der Waals surface area (Å²) in [6.07, 6.45) is 19.4. The SMILES string of the molecule is CCCCCCCCCC(=O)N(C)CCCCS(=O)(=O)[O-].CCCCCCCCCC(=O)N(C)CCCCS(=O)(=O)[O-].[Ca+2]. The summed E-state index contributed by atoms with van der Waals surface area (Å²) in [5, 5.41) is 0. The van der Waals surface area contributed by atoms with Crippen molar-refractivity contribution in [2.45, 2.75) is 142 Å². The summed E-state index contributed by atoms with van der Waals surface area (Å²) in [7, 11) is -4.78. The van der Waals surface area contributed by atoms with Crippen LogP contribution in [-0.4, -0.2) is 124 Å². The van der Waals surface area contributed by atoms with Crippen molar-refractivity contribution >= 4 is 69.8 Å². The minimum absolute atomic E-state index is 0. The Morgan fingerprint density at radius 2 is 0.767 bits per heavy atom. The molecule has 0 aliphatic rings. The van der Waals surface area contributed by atoms with Crippen molar-refractivity contribution in [3.05, 3.63) is 0 Å². The van der Waals surface area contributed by atoms with Gasteiger partial charge in [0.2, 0.25) is 11.8 Å². The van der Waals surface area contributed by atoms with Gasteiger partial charge in [-0.25, -0.2) is 16.8 Å². The molecule has 10 nitrogen and oxygen atoms in total. The van der Waals surface area contributed by atoms with E-state index in [1.807, 2.05) is 0 Å². The molecule has 0 aromatic rings. The van der Waals surface area contributed by atoms with Crippen molar-refractivity contribution in [2.24, 2.45) is 0 Å². The number of carbonyl (C=O) groups is 2. The minimum Gasteiger partial charge on any atom is -0.748 e. The molecule has 0 heterocycles. The van der Waals surface area contributed by atoms with Gasteiger partial charge in [0.05, 0.1) is 20.2 Å². The van der Waals surface area contributed by atoms with Crippen molar-refractivity contribution in [2.75, 3.05) is 38.7 Å². The fraction of sp³-hybridized carbons (Fsp3) is 0.933. The molecule has 0 aromatic heterocycles. The van der Waals surface area contributed by atoms with Gasteiger partial charge >= 0.3 is 37.7 Å². The number of nitrogens with zero attached hydrogens (tertiary/aromatic N) is 2. The monoisotopic (exact) mass is 680 g/mol. The zero-order valence-corrected chi connectivity index (χ0v) is 31.5. The Morgan fingerprint density at radius 1 is 0.488 bits per heavy atom. The second kappa shape index (κ2) is 30.7. The van der Waals surface area contributed by atoms with Crippen LogP contribution in [0.5, 0.6) is 0 Å². The molecule has 0 fully saturated rings. The maximum absolute atomic E-state index is 11.8. The molecule has 0 rings (SSSR count). The van der Waals surface area contributed by atoms with Gasteiger partial charge in [-0.2, -0.15) is 0 Å². The van der Waals surface area contributed by atoms with Crippen LogP contribution in [0.4, 0.5) is 0 Å². The number of hydrogen-bond acceptors (Lipinski definition) is 8. The summed E-state index contributed by atoms with van der Waals surface area (Å²) in [4.78, 5) is 26.9. The summed E-state index contributed by atoms with van der Waals surface area (Å²) < 4.78 is 62.7. The number of unbranched alkanes of at least 4 members (excludes halogenated alkanes) is 14. The molecule has 0 aliphatic carbocycles. The molecule has 252 valence electrons. The van der Waals surface area contributed by atoms with Gasteiger partial charge in [0.25, 0.3) is 0 Å². The largest absolute Gasteiger partial charge is 2.00 e. The normalized spacial score (nSPS) is 11.3. The summed E-state index contributed by atoms with van der Waals surface area (Å²) in [6, 6.07) is 0. The smallest absolute Gasteiger partial charge is 0.748 e. The molecule has 0 aliphatic heterocycles. The van der Waals surface area contributed by atoms with Gasteiger partial charge < -0.3 is 18.9 Å². The first kappa shape index (κ1) is 47.4. The van der Waals surface area contributed by atoms with Crippen LogP contribution in [0.15, 0.2) is 0 Å². The van der Waals surface area contributed by atoms with Crippen molar-refractivity contribution in [3.8, 4) is 0 Å². The van der Waals surface area contributed by atoms with Crippen LogP contribution < -0.4 is 0 Å². The van der Waals surface area contributed by atoms with Crippen LogP contribution in [-0.2, 0) is 29.8 Å². The van der Waals surface area contributed by atoms with Crippen LogP contribution >= 0.6 is 0 Å². The van der Waals surface area contributed by atoms with Crippen LogP contribution in [0.3, 0.4) is 0 Å². The fourth-order valence-corrected chi connectivity index (χ4v) is 5.47. The van der Waals surface area contributed by atoms with Crippen LogP contribution in [0.25, 0.3) is 0 Å². The first-order valence-electron chi connectivity index (χ1n) is 16.1. The van der Waals surface area contributed by atoms with E-state index in [2.05, 4.69) is 13.8 Å². The summed E-state index contributed by atoms with van der Waals surface area (Å²) >= 11 is 0. The minimum atomic E-state index is -4.12. The van der Waals surface area contributed by atoms with E-state index in [1.54, 1.807) is 23.9 Å². The Labute approximate surface area is 294 Å². The summed E-state index contributed by atoms with van der Waals surface area (Å²) in [5.41, 5.74) is 0. The third kappa shape index (κ3) is 38.1.